The van der Waals surface area contributed by atoms with E-state index in [9.17, 15) is 0 Å². The quantitative estimate of drug-likeness (QED) is 0.0820. The van der Waals surface area contributed by atoms with E-state index in [1.54, 1.807) is 0 Å². The van der Waals surface area contributed by atoms with Crippen LogP contribution in [0, 0.1) is 0 Å². The standard InChI is InChI=1S/C36H58N3/c1-5-7-9-11-13-27-37-31-35-23-19-33(20-24-35)17-15-29-39(3,4)30-16-18-34-21-25-36(26-22-34)32-38-28-14-12-10-8-6-2/h19-26,31-32H,5-18,27-30H2,1-4H3/q+1. The summed E-state index contributed by atoms with van der Waals surface area (Å²) in [4.78, 5) is 9.22. The molecule has 0 saturated heterocycles. The molecule has 0 unspecified atom stereocenters. The minimum absolute atomic E-state index is 0.956. The largest absolute Gasteiger partial charge is 0.328 e. The fourth-order valence-electron chi connectivity index (χ4n) is 5.03. The van der Waals surface area contributed by atoms with Gasteiger partial charge in [0.2, 0.25) is 0 Å². The van der Waals surface area contributed by atoms with Crippen molar-refractivity contribution in [3.63, 3.8) is 0 Å². The molecule has 0 bridgehead atoms. The van der Waals surface area contributed by atoms with Gasteiger partial charge in [-0.3, -0.25) is 9.98 Å². The van der Waals surface area contributed by atoms with Gasteiger partial charge in [0, 0.05) is 38.4 Å². The van der Waals surface area contributed by atoms with Crippen LogP contribution < -0.4 is 0 Å². The van der Waals surface area contributed by atoms with Crippen LogP contribution in [0.2, 0.25) is 0 Å². The van der Waals surface area contributed by atoms with Gasteiger partial charge in [-0.05, 0) is 47.9 Å². The van der Waals surface area contributed by atoms with Gasteiger partial charge in [-0.2, -0.15) is 0 Å². The van der Waals surface area contributed by atoms with Crippen LogP contribution in [0.4, 0.5) is 0 Å². The summed E-state index contributed by atoms with van der Waals surface area (Å²) >= 11 is 0. The Balaban J connectivity index is 1.59. The zero-order chi connectivity index (χ0) is 28.0. The zero-order valence-electron chi connectivity index (χ0n) is 25.8. The van der Waals surface area contributed by atoms with Gasteiger partial charge in [0.25, 0.3) is 0 Å². The van der Waals surface area contributed by atoms with E-state index in [0.29, 0.717) is 0 Å². The van der Waals surface area contributed by atoms with Crippen molar-refractivity contribution in [2.75, 3.05) is 40.3 Å². The van der Waals surface area contributed by atoms with Crippen LogP contribution in [-0.4, -0.2) is 57.2 Å². The highest BCUT2D eigenvalue weighted by Crippen LogP contribution is 2.12. The lowest BCUT2D eigenvalue weighted by Crippen LogP contribution is -2.41. The summed E-state index contributed by atoms with van der Waals surface area (Å²) in [5, 5.41) is 0. The molecular formula is C36H58N3+. The fourth-order valence-corrected chi connectivity index (χ4v) is 5.03. The highest BCUT2D eigenvalue weighted by atomic mass is 15.3. The Hall–Kier alpha value is -2.26. The van der Waals surface area contributed by atoms with E-state index in [4.69, 9.17) is 0 Å². The molecule has 0 heterocycles. The number of hydrogen-bond donors (Lipinski definition) is 0. The first-order valence-electron chi connectivity index (χ1n) is 16.0. The summed E-state index contributed by atoms with van der Waals surface area (Å²) in [5.74, 6) is 0. The summed E-state index contributed by atoms with van der Waals surface area (Å²) in [6.45, 7) is 8.87. The van der Waals surface area contributed by atoms with Gasteiger partial charge in [0.15, 0.2) is 0 Å². The number of hydrogen-bond acceptors (Lipinski definition) is 2. The minimum Gasteiger partial charge on any atom is -0.328 e. The molecule has 2 rings (SSSR count). The lowest BCUT2D eigenvalue weighted by atomic mass is 10.1. The third-order valence-electron chi connectivity index (χ3n) is 7.68. The molecular weight excluding hydrogens is 474 g/mol. The number of rotatable bonds is 22. The number of unbranched alkanes of at least 4 members (excludes halogenated alkanes) is 8. The van der Waals surface area contributed by atoms with Crippen molar-refractivity contribution in [3.8, 4) is 0 Å². The molecule has 2 aromatic carbocycles. The summed E-state index contributed by atoms with van der Waals surface area (Å²) in [6, 6.07) is 18.0. The van der Waals surface area contributed by atoms with Gasteiger partial charge in [-0.25, -0.2) is 0 Å². The Kier molecular flexibility index (Phi) is 17.4. The third-order valence-corrected chi connectivity index (χ3v) is 7.68. The number of nitrogens with zero attached hydrogens (tertiary/aromatic N) is 3. The molecule has 0 aliphatic rings. The molecule has 0 amide bonds. The Morgan fingerprint density at radius 1 is 0.513 bits per heavy atom. The maximum atomic E-state index is 4.61. The molecule has 0 aliphatic carbocycles. The van der Waals surface area contributed by atoms with Crippen molar-refractivity contribution in [1.29, 1.82) is 0 Å². The first kappa shape index (κ1) is 32.9. The maximum Gasteiger partial charge on any atom is 0.0785 e. The lowest BCUT2D eigenvalue weighted by Gasteiger charge is -2.30. The first-order chi connectivity index (χ1) is 19.0. The molecule has 3 heteroatoms. The van der Waals surface area contributed by atoms with E-state index in [2.05, 4.69) is 86.5 Å². The van der Waals surface area contributed by atoms with Crippen LogP contribution in [0.3, 0.4) is 0 Å². The smallest absolute Gasteiger partial charge is 0.0785 e. The van der Waals surface area contributed by atoms with Crippen LogP contribution in [0.25, 0.3) is 0 Å². The van der Waals surface area contributed by atoms with Crippen molar-refractivity contribution in [1.82, 2.24) is 0 Å². The van der Waals surface area contributed by atoms with E-state index >= 15 is 0 Å². The van der Waals surface area contributed by atoms with Crippen molar-refractivity contribution >= 4 is 12.4 Å². The van der Waals surface area contributed by atoms with Gasteiger partial charge in [0.05, 0.1) is 27.2 Å². The second-order valence-electron chi connectivity index (χ2n) is 12.0. The van der Waals surface area contributed by atoms with E-state index < -0.39 is 0 Å². The second-order valence-corrected chi connectivity index (χ2v) is 12.0. The summed E-state index contributed by atoms with van der Waals surface area (Å²) in [5.41, 5.74) is 5.32. The Morgan fingerprint density at radius 2 is 0.897 bits per heavy atom. The predicted molar refractivity (Wildman–Crippen MR) is 174 cm³/mol. The average molecular weight is 533 g/mol. The molecule has 0 saturated carbocycles. The van der Waals surface area contributed by atoms with Crippen LogP contribution >= 0.6 is 0 Å². The van der Waals surface area contributed by atoms with Gasteiger partial charge in [-0.15, -0.1) is 0 Å². The van der Waals surface area contributed by atoms with Gasteiger partial charge in [-0.1, -0.05) is 114 Å². The molecule has 0 aromatic heterocycles. The fraction of sp³-hybridized carbons (Fsp3) is 0.611. The van der Waals surface area contributed by atoms with Crippen LogP contribution in [0.5, 0.6) is 0 Å². The highest BCUT2D eigenvalue weighted by molar-refractivity contribution is 5.80. The first-order valence-corrected chi connectivity index (χ1v) is 16.0. The van der Waals surface area contributed by atoms with Gasteiger partial charge < -0.3 is 4.48 Å². The topological polar surface area (TPSA) is 24.7 Å². The number of quaternary nitrogens is 1. The van der Waals surface area contributed by atoms with Crippen molar-refractivity contribution in [3.05, 3.63) is 70.8 Å². The summed E-state index contributed by atoms with van der Waals surface area (Å²) in [7, 11) is 4.76. The molecule has 2 aromatic rings. The molecule has 0 radical (unpaired) electrons. The van der Waals surface area contributed by atoms with E-state index in [1.807, 2.05) is 12.4 Å². The van der Waals surface area contributed by atoms with Crippen molar-refractivity contribution in [2.24, 2.45) is 9.98 Å². The monoisotopic (exact) mass is 532 g/mol. The normalized spacial score (nSPS) is 12.2. The molecule has 0 aliphatic heterocycles. The summed E-state index contributed by atoms with van der Waals surface area (Å²) < 4.78 is 1.09. The van der Waals surface area contributed by atoms with Crippen LogP contribution in [-0.2, 0) is 12.8 Å². The Bertz CT molecular complexity index is 834. The molecule has 216 valence electrons. The highest BCUT2D eigenvalue weighted by Gasteiger charge is 2.14. The SMILES string of the molecule is CCCCCCCN=Cc1ccc(CCC[N+](C)(C)CCCc2ccc(C=NCCCCCCC)cc2)cc1. The van der Waals surface area contributed by atoms with Crippen molar-refractivity contribution < 1.29 is 4.48 Å². The molecule has 0 fully saturated rings. The van der Waals surface area contributed by atoms with E-state index in [0.717, 1.165) is 30.4 Å². The van der Waals surface area contributed by atoms with E-state index in [1.165, 1.54) is 112 Å². The number of aliphatic imine (C=N–C) groups is 2. The average Bonchev–Trinajstić information content (AvgIpc) is 2.93. The minimum atomic E-state index is 0.956. The lowest BCUT2D eigenvalue weighted by molar-refractivity contribution is -0.890. The summed E-state index contributed by atoms with van der Waals surface area (Å²) in [6.07, 6.45) is 21.9. The maximum absolute atomic E-state index is 4.61. The molecule has 39 heavy (non-hydrogen) atoms. The number of benzene rings is 2. The molecule has 0 N–H and O–H groups in total. The van der Waals surface area contributed by atoms with Crippen LogP contribution in [0.1, 0.15) is 113 Å². The van der Waals surface area contributed by atoms with E-state index in [-0.39, 0.29) is 0 Å². The molecule has 3 nitrogen and oxygen atoms in total. The van der Waals surface area contributed by atoms with Crippen molar-refractivity contribution in [2.45, 2.75) is 104 Å². The molecule has 0 spiro atoms. The predicted octanol–water partition coefficient (Wildman–Crippen LogP) is 9.11. The second kappa shape index (κ2) is 20.6. The van der Waals surface area contributed by atoms with Gasteiger partial charge >= 0.3 is 0 Å². The Labute approximate surface area is 241 Å². The van der Waals surface area contributed by atoms with Gasteiger partial charge in [0.1, 0.15) is 0 Å². The number of aryl methyl sites for hydroxylation is 2. The Morgan fingerprint density at radius 3 is 1.28 bits per heavy atom. The third kappa shape index (κ3) is 16.4. The molecule has 0 atom stereocenters. The zero-order valence-corrected chi connectivity index (χ0v) is 25.8. The van der Waals surface area contributed by atoms with Crippen LogP contribution in [0.15, 0.2) is 58.5 Å².